The van der Waals surface area contributed by atoms with Crippen molar-refractivity contribution in [3.63, 3.8) is 0 Å². The third-order valence-electron chi connectivity index (χ3n) is 2.17. The number of carboxylic acids is 2. The quantitative estimate of drug-likeness (QED) is 0.183. The molecule has 0 aromatic carbocycles. The first kappa shape index (κ1) is 26.8. The van der Waals surface area contributed by atoms with E-state index in [4.69, 9.17) is 34.6 Å². The monoisotopic (exact) mass is 451 g/mol. The van der Waals surface area contributed by atoms with Crippen molar-refractivity contribution in [1.82, 2.24) is 21.3 Å². The molecule has 0 aliphatic heterocycles. The van der Waals surface area contributed by atoms with Gasteiger partial charge in [-0.25, -0.2) is 0 Å². The Hall–Kier alpha value is -1.07. The van der Waals surface area contributed by atoms with Crippen LogP contribution in [0.15, 0.2) is 0 Å². The maximum atomic E-state index is 10.3. The maximum absolute atomic E-state index is 10.3. The van der Waals surface area contributed by atoms with E-state index < -0.39 is 11.9 Å². The molecule has 129 valence electrons. The van der Waals surface area contributed by atoms with Gasteiger partial charge in [0.1, 0.15) is 0 Å². The zero-order chi connectivity index (χ0) is 16.1. The molecule has 0 aliphatic rings. The number of rotatable bonds is 10. The van der Waals surface area contributed by atoms with Crippen LogP contribution in [0.25, 0.3) is 0 Å². The van der Waals surface area contributed by atoms with Crippen molar-refractivity contribution in [1.29, 1.82) is 0 Å². The molecule has 0 atom stereocenters. The Labute approximate surface area is 158 Å². The molecule has 1 radical (unpaired) electrons. The fraction of sp³-hybridized carbons (Fsp3) is 0.636. The van der Waals surface area contributed by atoms with Crippen LogP contribution in [-0.4, -0.2) is 58.6 Å². The summed E-state index contributed by atoms with van der Waals surface area (Å²) in [4.78, 5) is 20.6. The van der Waals surface area contributed by atoms with E-state index in [-0.39, 0.29) is 51.5 Å². The van der Waals surface area contributed by atoms with Gasteiger partial charge < -0.3 is 37.0 Å². The van der Waals surface area contributed by atoms with Gasteiger partial charge >= 0.3 is 32.0 Å². The van der Waals surface area contributed by atoms with Crippen molar-refractivity contribution in [2.75, 3.05) is 26.2 Å². The Morgan fingerprint density at radius 1 is 0.739 bits per heavy atom. The van der Waals surface area contributed by atoms with Gasteiger partial charge in [-0.05, 0) is 30.9 Å². The zero-order valence-electron chi connectivity index (χ0n) is 12.3. The molecule has 0 heterocycles. The number of nitrogens with one attached hydrogen (secondary N) is 4. The molecule has 0 aromatic heterocycles. The molecule has 0 saturated heterocycles. The average Bonchev–Trinajstić information content (AvgIpc) is 2.37. The Morgan fingerprint density at radius 3 is 1.35 bits per heavy atom. The van der Waals surface area contributed by atoms with Gasteiger partial charge in [-0.2, -0.15) is 0 Å². The molecule has 0 amide bonds. The van der Waals surface area contributed by atoms with Gasteiger partial charge in [-0.1, -0.05) is 0 Å². The molecule has 0 fully saturated rings. The van der Waals surface area contributed by atoms with Gasteiger partial charge in [0.2, 0.25) is 0 Å². The van der Waals surface area contributed by atoms with Crippen LogP contribution in [0.2, 0.25) is 0 Å². The summed E-state index contributed by atoms with van der Waals surface area (Å²) in [5, 5.41) is 29.2. The first-order valence-corrected chi connectivity index (χ1v) is 7.20. The van der Waals surface area contributed by atoms with Gasteiger partial charge in [0.25, 0.3) is 0 Å². The third-order valence-corrected chi connectivity index (χ3v) is 2.75. The number of hydrogen-bond donors (Lipinski definition) is 6. The van der Waals surface area contributed by atoms with Gasteiger partial charge in [0.05, 0.1) is 12.8 Å². The molecule has 23 heavy (non-hydrogen) atoms. The van der Waals surface area contributed by atoms with Crippen molar-refractivity contribution in [3.8, 4) is 0 Å². The van der Waals surface area contributed by atoms with Crippen LogP contribution in [0, 0.1) is 0 Å². The summed E-state index contributed by atoms with van der Waals surface area (Å²) in [6, 6.07) is 0. The molecule has 0 aliphatic carbocycles. The topological polar surface area (TPSA) is 151 Å². The summed E-state index contributed by atoms with van der Waals surface area (Å²) < 4.78 is 0. The Bertz CT molecular complexity index is 353. The number of carbonyl (C=O) groups is 2. The average molecular weight is 451 g/mol. The van der Waals surface area contributed by atoms with E-state index in [0.717, 1.165) is 6.42 Å². The molecule has 0 rings (SSSR count). The predicted molar refractivity (Wildman–Crippen MR) is 87.0 cm³/mol. The molecule has 9 nitrogen and oxygen atoms in total. The van der Waals surface area contributed by atoms with Crippen LogP contribution in [0.5, 0.6) is 0 Å². The molecule has 0 bridgehead atoms. The van der Waals surface area contributed by atoms with Crippen molar-refractivity contribution in [2.24, 2.45) is 0 Å². The molecule has 0 unspecified atom stereocenters. The van der Waals surface area contributed by atoms with Crippen LogP contribution >= 0.6 is 24.4 Å². The smallest absolute Gasteiger partial charge is 2.00 e. The summed E-state index contributed by atoms with van der Waals surface area (Å²) in [7, 11) is 0. The van der Waals surface area contributed by atoms with E-state index in [1.54, 1.807) is 0 Å². The van der Waals surface area contributed by atoms with E-state index in [1.165, 1.54) is 0 Å². The summed E-state index contributed by atoms with van der Waals surface area (Å²) >= 11 is 9.92. The van der Waals surface area contributed by atoms with E-state index >= 15 is 0 Å². The first-order chi connectivity index (χ1) is 9.91. The minimum atomic E-state index is -0.876. The minimum absolute atomic E-state index is 0. The molecule has 6 N–H and O–H groups in total. The second kappa shape index (κ2) is 17.3. The molecule has 0 spiro atoms. The van der Waals surface area contributed by atoms with Gasteiger partial charge in [-0.15, -0.1) is 0 Å². The Morgan fingerprint density at radius 2 is 1.04 bits per heavy atom. The summed E-state index contributed by atoms with van der Waals surface area (Å²) in [6.07, 6.45) is 0.779. The van der Waals surface area contributed by atoms with Gasteiger partial charge in [-0.3, -0.25) is 9.59 Å². The summed E-state index contributed by atoms with van der Waals surface area (Å²) in [6.45, 7) is 1.81. The Kier molecular flexibility index (Phi) is 20.1. The standard InChI is InChI=1S/C11H20N4O4S2.O.Tc/c16-8(17)2-6-14-10(20)12-4-1-5-13-11(21)15-7-3-9(18)19;;/h1-7H2,(H,16,17)(H,18,19)(H2,12,14,20)(H2,13,15,21);;/q;-2;+6/i;;1+1. The molecular weight excluding hydrogens is 431 g/mol. The van der Waals surface area contributed by atoms with E-state index in [0.29, 0.717) is 23.3 Å². The van der Waals surface area contributed by atoms with E-state index in [1.807, 2.05) is 0 Å². The van der Waals surface area contributed by atoms with Crippen LogP contribution in [0.4, 0.5) is 0 Å². The van der Waals surface area contributed by atoms with Gasteiger partial charge in [0, 0.05) is 26.2 Å². The minimum Gasteiger partial charge on any atom is -2.00 e. The molecule has 0 aromatic rings. The fourth-order valence-corrected chi connectivity index (χ4v) is 1.59. The maximum Gasteiger partial charge on any atom is 6.00 e. The summed E-state index contributed by atoms with van der Waals surface area (Å²) in [5.74, 6) is -1.75. The Balaban J connectivity index is -0.00000200. The largest absolute Gasteiger partial charge is 6.00 e. The van der Waals surface area contributed by atoms with Crippen LogP contribution in [-0.2, 0) is 35.2 Å². The van der Waals surface area contributed by atoms with E-state index in [9.17, 15) is 9.59 Å². The van der Waals surface area contributed by atoms with Crippen LogP contribution in [0.3, 0.4) is 0 Å². The molecule has 12 heteroatoms. The van der Waals surface area contributed by atoms with Crippen LogP contribution < -0.4 is 21.3 Å². The zero-order valence-corrected chi connectivity index (χ0v) is 15.8. The predicted octanol–water partition coefficient (Wildman–Crippen LogP) is -0.867. The summed E-state index contributed by atoms with van der Waals surface area (Å²) in [5.41, 5.74) is 0. The molecule has 0 saturated carbocycles. The van der Waals surface area contributed by atoms with Gasteiger partial charge in [0.15, 0.2) is 10.2 Å². The van der Waals surface area contributed by atoms with Crippen molar-refractivity contribution >= 4 is 46.6 Å². The SMILES string of the molecule is O=C(O)CCNC(=S)NCCCNC(=S)NCCC(=O)O.[99Tc+6].[O-2]. The van der Waals surface area contributed by atoms with Crippen molar-refractivity contribution < 1.29 is 45.4 Å². The second-order valence-corrected chi connectivity index (χ2v) is 4.82. The number of aliphatic carboxylic acids is 2. The van der Waals surface area contributed by atoms with Crippen LogP contribution in [0.1, 0.15) is 19.3 Å². The van der Waals surface area contributed by atoms with Crippen molar-refractivity contribution in [3.05, 3.63) is 0 Å². The number of hydrogen-bond acceptors (Lipinski definition) is 4. The van der Waals surface area contributed by atoms with Crippen molar-refractivity contribution in [2.45, 2.75) is 19.3 Å². The fourth-order valence-electron chi connectivity index (χ4n) is 1.18. The molecular formula is C11H20N4O5S2Tc+4. The first-order valence-electron chi connectivity index (χ1n) is 6.39. The number of carboxylic acid groups (broad SMARTS) is 2. The third kappa shape index (κ3) is 20.9. The number of thiocarbonyl (C=S) groups is 2. The second-order valence-electron chi connectivity index (χ2n) is 4.01. The normalized spacial score (nSPS) is 8.70. The van der Waals surface area contributed by atoms with E-state index in [2.05, 4.69) is 21.3 Å².